The summed E-state index contributed by atoms with van der Waals surface area (Å²) in [7, 11) is 0. The van der Waals surface area contributed by atoms with Crippen LogP contribution in [-0.4, -0.2) is 23.0 Å². The van der Waals surface area contributed by atoms with Crippen molar-refractivity contribution < 1.29 is 4.92 Å². The molecule has 0 radical (unpaired) electrons. The summed E-state index contributed by atoms with van der Waals surface area (Å²) >= 11 is 2.03. The van der Waals surface area contributed by atoms with Crippen LogP contribution >= 0.6 is 22.6 Å². The molecule has 2 rings (SSSR count). The van der Waals surface area contributed by atoms with Gasteiger partial charge < -0.3 is 0 Å². The van der Waals surface area contributed by atoms with Crippen LogP contribution in [0.25, 0.3) is 0 Å². The first-order chi connectivity index (χ1) is 8.16. The second-order valence-electron chi connectivity index (χ2n) is 3.74. The summed E-state index contributed by atoms with van der Waals surface area (Å²) in [4.78, 5) is 10.2. The molecular weight excluding hydrogens is 335 g/mol. The van der Waals surface area contributed by atoms with E-state index in [2.05, 4.69) is 10.3 Å². The fraction of sp³-hybridized carbons (Fsp3) is 0.400. The molecule has 7 heteroatoms. The molecule has 6 nitrogen and oxygen atoms in total. The molecule has 90 valence electrons. The largest absolute Gasteiger partial charge is 0.278 e. The van der Waals surface area contributed by atoms with Crippen LogP contribution in [0.2, 0.25) is 0 Å². The lowest BCUT2D eigenvalue weighted by Gasteiger charge is -2.07. The Kier molecular flexibility index (Phi) is 3.87. The molecular formula is C10H11IN4O2. The normalized spacial score (nSPS) is 15.7. The van der Waals surface area contributed by atoms with Gasteiger partial charge in [-0.2, -0.15) is 0 Å². The van der Waals surface area contributed by atoms with Gasteiger partial charge in [-0.05, 0) is 41.5 Å². The zero-order valence-corrected chi connectivity index (χ0v) is 11.2. The second kappa shape index (κ2) is 5.39. The van der Waals surface area contributed by atoms with Gasteiger partial charge in [0.25, 0.3) is 5.69 Å². The number of nitro groups is 1. The molecule has 0 spiro atoms. The number of rotatable bonds is 3. The minimum atomic E-state index is -0.413. The third-order valence-electron chi connectivity index (χ3n) is 2.50. The van der Waals surface area contributed by atoms with Gasteiger partial charge in [0.1, 0.15) is 5.69 Å². The van der Waals surface area contributed by atoms with Crippen LogP contribution in [0.15, 0.2) is 28.5 Å². The van der Waals surface area contributed by atoms with Gasteiger partial charge in [0, 0.05) is 28.8 Å². The molecule has 0 aromatic heterocycles. The average molecular weight is 346 g/mol. The van der Waals surface area contributed by atoms with E-state index >= 15 is 0 Å². The Morgan fingerprint density at radius 1 is 1.35 bits per heavy atom. The van der Waals surface area contributed by atoms with Gasteiger partial charge in [-0.1, -0.05) is 5.22 Å². The minimum absolute atomic E-state index is 0.0783. The molecule has 0 atom stereocenters. The maximum absolute atomic E-state index is 10.6. The van der Waals surface area contributed by atoms with E-state index in [1.165, 1.54) is 12.1 Å². The lowest BCUT2D eigenvalue weighted by Crippen LogP contribution is -2.09. The van der Waals surface area contributed by atoms with Crippen molar-refractivity contribution in [2.45, 2.75) is 12.8 Å². The Morgan fingerprint density at radius 3 is 2.65 bits per heavy atom. The molecule has 0 aliphatic carbocycles. The first kappa shape index (κ1) is 12.2. The summed E-state index contributed by atoms with van der Waals surface area (Å²) in [5, 5.41) is 20.7. The van der Waals surface area contributed by atoms with E-state index in [0.717, 1.165) is 29.5 Å². The standard InChI is InChI=1S/C10H11IN4O2/c11-9-7-8(15(16)17)3-4-10(9)12-13-14-5-1-2-6-14/h3-4,7H,1-2,5-6H2. The molecule has 0 N–H and O–H groups in total. The van der Waals surface area contributed by atoms with E-state index in [-0.39, 0.29) is 5.69 Å². The number of nitrogens with zero attached hydrogens (tertiary/aromatic N) is 4. The summed E-state index contributed by atoms with van der Waals surface area (Å²) in [6.07, 6.45) is 2.30. The lowest BCUT2D eigenvalue weighted by molar-refractivity contribution is -0.384. The highest BCUT2D eigenvalue weighted by Gasteiger charge is 2.11. The minimum Gasteiger partial charge on any atom is -0.278 e. The molecule has 1 aliphatic rings. The van der Waals surface area contributed by atoms with Crippen molar-refractivity contribution in [2.75, 3.05) is 13.1 Å². The van der Waals surface area contributed by atoms with E-state index in [4.69, 9.17) is 0 Å². The zero-order chi connectivity index (χ0) is 12.3. The van der Waals surface area contributed by atoms with Crippen LogP contribution in [0.3, 0.4) is 0 Å². The fourth-order valence-electron chi connectivity index (χ4n) is 1.59. The SMILES string of the molecule is O=[N+]([O-])c1ccc(N=NN2CCCC2)c(I)c1. The Bertz CT molecular complexity index is 458. The van der Waals surface area contributed by atoms with E-state index in [9.17, 15) is 10.1 Å². The van der Waals surface area contributed by atoms with Gasteiger partial charge in [0.15, 0.2) is 0 Å². The number of hydrogen-bond donors (Lipinski definition) is 0. The van der Waals surface area contributed by atoms with E-state index in [1.54, 1.807) is 6.07 Å². The second-order valence-corrected chi connectivity index (χ2v) is 4.91. The number of benzene rings is 1. The predicted molar refractivity (Wildman–Crippen MR) is 71.1 cm³/mol. The molecule has 0 saturated carbocycles. The maximum Gasteiger partial charge on any atom is 0.270 e. The van der Waals surface area contributed by atoms with Gasteiger partial charge in [-0.25, -0.2) is 0 Å². The molecule has 0 unspecified atom stereocenters. The summed E-state index contributed by atoms with van der Waals surface area (Å²) in [5.74, 6) is 0. The summed E-state index contributed by atoms with van der Waals surface area (Å²) in [5.41, 5.74) is 0.748. The molecule has 17 heavy (non-hydrogen) atoms. The third-order valence-corrected chi connectivity index (χ3v) is 3.37. The first-order valence-corrected chi connectivity index (χ1v) is 6.35. The monoisotopic (exact) mass is 346 g/mol. The van der Waals surface area contributed by atoms with Crippen LogP contribution < -0.4 is 0 Å². The van der Waals surface area contributed by atoms with Gasteiger partial charge in [-0.15, -0.1) is 5.11 Å². The van der Waals surface area contributed by atoms with Crippen LogP contribution in [-0.2, 0) is 0 Å². The van der Waals surface area contributed by atoms with Crippen molar-refractivity contribution in [3.05, 3.63) is 31.9 Å². The third kappa shape index (κ3) is 3.11. The molecule has 1 aromatic rings. The number of halogens is 1. The Hall–Kier alpha value is -1.25. The zero-order valence-electron chi connectivity index (χ0n) is 9.04. The van der Waals surface area contributed by atoms with Crippen molar-refractivity contribution in [3.8, 4) is 0 Å². The molecule has 0 bridgehead atoms. The van der Waals surface area contributed by atoms with E-state index in [1.807, 2.05) is 27.6 Å². The van der Waals surface area contributed by atoms with E-state index in [0.29, 0.717) is 5.69 Å². The van der Waals surface area contributed by atoms with Gasteiger partial charge in [0.2, 0.25) is 0 Å². The Labute approximate surface area is 112 Å². The maximum atomic E-state index is 10.6. The van der Waals surface area contributed by atoms with E-state index < -0.39 is 4.92 Å². The highest BCUT2D eigenvalue weighted by molar-refractivity contribution is 14.1. The van der Waals surface area contributed by atoms with Crippen LogP contribution in [0.4, 0.5) is 11.4 Å². The Balaban J connectivity index is 2.13. The van der Waals surface area contributed by atoms with Crippen molar-refractivity contribution in [1.29, 1.82) is 0 Å². The molecule has 0 amide bonds. The first-order valence-electron chi connectivity index (χ1n) is 5.27. The van der Waals surface area contributed by atoms with Crippen molar-refractivity contribution in [1.82, 2.24) is 5.01 Å². The highest BCUT2D eigenvalue weighted by Crippen LogP contribution is 2.26. The molecule has 1 heterocycles. The molecule has 1 saturated heterocycles. The summed E-state index contributed by atoms with van der Waals surface area (Å²) in [6.45, 7) is 1.88. The van der Waals surface area contributed by atoms with Crippen molar-refractivity contribution in [3.63, 3.8) is 0 Å². The quantitative estimate of drug-likeness (QED) is 0.365. The average Bonchev–Trinajstić information content (AvgIpc) is 2.80. The van der Waals surface area contributed by atoms with Gasteiger partial charge in [0.05, 0.1) is 4.92 Å². The topological polar surface area (TPSA) is 71.1 Å². The number of hydrogen-bond acceptors (Lipinski definition) is 4. The molecule has 1 fully saturated rings. The smallest absolute Gasteiger partial charge is 0.270 e. The predicted octanol–water partition coefficient (Wildman–Crippen LogP) is 3.29. The number of nitro benzene ring substituents is 1. The highest BCUT2D eigenvalue weighted by atomic mass is 127. The van der Waals surface area contributed by atoms with Crippen molar-refractivity contribution >= 4 is 34.0 Å². The van der Waals surface area contributed by atoms with Gasteiger partial charge >= 0.3 is 0 Å². The Morgan fingerprint density at radius 2 is 2.06 bits per heavy atom. The molecule has 1 aliphatic heterocycles. The number of non-ortho nitro benzene ring substituents is 1. The van der Waals surface area contributed by atoms with Crippen molar-refractivity contribution in [2.24, 2.45) is 10.3 Å². The lowest BCUT2D eigenvalue weighted by atomic mass is 10.3. The van der Waals surface area contributed by atoms with Gasteiger partial charge in [-0.3, -0.25) is 15.1 Å². The fourth-order valence-corrected chi connectivity index (χ4v) is 2.20. The van der Waals surface area contributed by atoms with Crippen LogP contribution in [0, 0.1) is 13.7 Å². The van der Waals surface area contributed by atoms with Crippen LogP contribution in [0.1, 0.15) is 12.8 Å². The van der Waals surface area contributed by atoms with Crippen LogP contribution in [0.5, 0.6) is 0 Å². The summed E-state index contributed by atoms with van der Waals surface area (Å²) in [6, 6.07) is 4.57. The summed E-state index contributed by atoms with van der Waals surface area (Å²) < 4.78 is 0.736. The molecule has 1 aromatic carbocycles.